The van der Waals surface area contributed by atoms with Gasteiger partial charge in [0.2, 0.25) is 5.89 Å². The van der Waals surface area contributed by atoms with Crippen molar-refractivity contribution >= 4 is 0 Å². The quantitative estimate of drug-likeness (QED) is 0.872. The number of aliphatic hydroxyl groups is 1. The number of aromatic nitrogens is 2. The lowest BCUT2D eigenvalue weighted by Gasteiger charge is -2.10. The molecule has 1 atom stereocenters. The molecule has 17 heavy (non-hydrogen) atoms. The summed E-state index contributed by atoms with van der Waals surface area (Å²) in [5, 5.41) is 13.0. The molecule has 0 saturated heterocycles. The van der Waals surface area contributed by atoms with Gasteiger partial charge in [0.05, 0.1) is 18.9 Å². The van der Waals surface area contributed by atoms with E-state index in [1.807, 2.05) is 13.8 Å². The van der Waals surface area contributed by atoms with E-state index in [4.69, 9.17) is 4.52 Å². The second kappa shape index (κ2) is 5.48. The average Bonchev–Trinajstić information content (AvgIpc) is 2.61. The summed E-state index contributed by atoms with van der Waals surface area (Å²) in [4.78, 5) is 3.80. The Morgan fingerprint density at radius 2 is 2.00 bits per heavy atom. The Balaban J connectivity index is 2.48. The summed E-state index contributed by atoms with van der Waals surface area (Å²) in [6.07, 6.45) is -5.97. The van der Waals surface area contributed by atoms with Crippen LogP contribution in [0.5, 0.6) is 0 Å². The maximum Gasteiger partial charge on any atom is 0.389 e. The van der Waals surface area contributed by atoms with Gasteiger partial charge >= 0.3 is 6.18 Å². The SMILES string of the molecule is CC(C)C(O)Cc1nc(CCC(F)(F)F)no1. The van der Waals surface area contributed by atoms with Crippen LogP contribution < -0.4 is 0 Å². The number of nitrogens with zero attached hydrogens (tertiary/aromatic N) is 2. The Morgan fingerprint density at radius 1 is 1.35 bits per heavy atom. The second-order valence-corrected chi connectivity index (χ2v) is 4.24. The number of halogens is 3. The van der Waals surface area contributed by atoms with Crippen LogP contribution in [0.25, 0.3) is 0 Å². The summed E-state index contributed by atoms with van der Waals surface area (Å²) >= 11 is 0. The maximum absolute atomic E-state index is 11.9. The second-order valence-electron chi connectivity index (χ2n) is 4.24. The first-order valence-electron chi connectivity index (χ1n) is 5.34. The van der Waals surface area contributed by atoms with Crippen LogP contribution in [-0.4, -0.2) is 27.5 Å². The minimum Gasteiger partial charge on any atom is -0.392 e. The minimum absolute atomic E-state index is 0.0216. The molecule has 0 spiro atoms. The third kappa shape index (κ3) is 5.16. The van der Waals surface area contributed by atoms with Crippen LogP contribution in [0.15, 0.2) is 4.52 Å². The van der Waals surface area contributed by atoms with Gasteiger partial charge in [-0.2, -0.15) is 18.2 Å². The number of aryl methyl sites for hydroxylation is 1. The Bertz CT molecular complexity index is 350. The highest BCUT2D eigenvalue weighted by Gasteiger charge is 2.27. The van der Waals surface area contributed by atoms with Crippen LogP contribution >= 0.6 is 0 Å². The van der Waals surface area contributed by atoms with Gasteiger partial charge in [-0.1, -0.05) is 19.0 Å². The molecule has 0 aliphatic rings. The molecule has 1 unspecified atom stereocenters. The van der Waals surface area contributed by atoms with Crippen LogP contribution in [0.2, 0.25) is 0 Å². The first kappa shape index (κ1) is 14.0. The van der Waals surface area contributed by atoms with E-state index in [2.05, 4.69) is 10.1 Å². The van der Waals surface area contributed by atoms with E-state index in [1.165, 1.54) is 0 Å². The third-order valence-electron chi connectivity index (χ3n) is 2.30. The van der Waals surface area contributed by atoms with Crippen molar-refractivity contribution in [1.29, 1.82) is 0 Å². The molecule has 0 amide bonds. The topological polar surface area (TPSA) is 59.2 Å². The van der Waals surface area contributed by atoms with Crippen molar-refractivity contribution in [3.63, 3.8) is 0 Å². The van der Waals surface area contributed by atoms with Crippen molar-refractivity contribution < 1.29 is 22.8 Å². The van der Waals surface area contributed by atoms with Gasteiger partial charge in [-0.3, -0.25) is 0 Å². The van der Waals surface area contributed by atoms with E-state index >= 15 is 0 Å². The lowest BCUT2D eigenvalue weighted by atomic mass is 10.0. The Hall–Kier alpha value is -1.11. The zero-order valence-electron chi connectivity index (χ0n) is 9.66. The highest BCUT2D eigenvalue weighted by molar-refractivity contribution is 4.89. The Kier molecular flexibility index (Phi) is 4.50. The molecule has 0 radical (unpaired) electrons. The normalized spacial score (nSPS) is 14.3. The standard InChI is InChI=1S/C10H15F3N2O2/c1-6(2)7(16)5-9-14-8(15-17-9)3-4-10(11,12)13/h6-7,16H,3-5H2,1-2H3. The zero-order chi connectivity index (χ0) is 13.1. The maximum atomic E-state index is 11.9. The van der Waals surface area contributed by atoms with Crippen molar-refractivity contribution in [3.05, 3.63) is 11.7 Å². The number of aliphatic hydroxyl groups excluding tert-OH is 1. The van der Waals surface area contributed by atoms with Crippen LogP contribution in [-0.2, 0) is 12.8 Å². The van der Waals surface area contributed by atoms with Crippen molar-refractivity contribution in [3.8, 4) is 0 Å². The first-order chi connectivity index (χ1) is 7.78. The highest BCUT2D eigenvalue weighted by Crippen LogP contribution is 2.21. The van der Waals surface area contributed by atoms with Gasteiger partial charge in [-0.05, 0) is 5.92 Å². The minimum atomic E-state index is -4.22. The smallest absolute Gasteiger partial charge is 0.389 e. The molecule has 1 rings (SSSR count). The van der Waals surface area contributed by atoms with Crippen molar-refractivity contribution in [2.75, 3.05) is 0 Å². The Labute approximate surface area is 96.8 Å². The predicted octanol–water partition coefficient (Wildman–Crippen LogP) is 2.12. The van der Waals surface area contributed by atoms with E-state index in [9.17, 15) is 18.3 Å². The van der Waals surface area contributed by atoms with E-state index in [-0.39, 0.29) is 30.5 Å². The molecular weight excluding hydrogens is 237 g/mol. The van der Waals surface area contributed by atoms with Crippen molar-refractivity contribution in [2.45, 2.75) is 45.4 Å². The van der Waals surface area contributed by atoms with Gasteiger partial charge in [0, 0.05) is 6.42 Å². The molecule has 0 saturated carbocycles. The van der Waals surface area contributed by atoms with Crippen LogP contribution in [0.1, 0.15) is 32.0 Å². The van der Waals surface area contributed by atoms with Gasteiger partial charge in [0.15, 0.2) is 5.82 Å². The summed E-state index contributed by atoms with van der Waals surface area (Å²) in [6, 6.07) is 0. The van der Waals surface area contributed by atoms with E-state index in [0.29, 0.717) is 0 Å². The highest BCUT2D eigenvalue weighted by atomic mass is 19.4. The lowest BCUT2D eigenvalue weighted by Crippen LogP contribution is -2.17. The lowest BCUT2D eigenvalue weighted by molar-refractivity contribution is -0.134. The van der Waals surface area contributed by atoms with Gasteiger partial charge in [0.25, 0.3) is 0 Å². The van der Waals surface area contributed by atoms with E-state index < -0.39 is 18.7 Å². The Morgan fingerprint density at radius 3 is 2.53 bits per heavy atom. The van der Waals surface area contributed by atoms with Crippen molar-refractivity contribution in [1.82, 2.24) is 10.1 Å². The molecule has 1 aromatic heterocycles. The zero-order valence-corrected chi connectivity index (χ0v) is 9.66. The molecule has 1 heterocycles. The summed E-state index contributed by atoms with van der Waals surface area (Å²) in [7, 11) is 0. The van der Waals surface area contributed by atoms with Crippen LogP contribution in [0, 0.1) is 5.92 Å². The summed E-state index contributed by atoms with van der Waals surface area (Å²) in [5.74, 6) is 0.220. The molecule has 0 aliphatic heterocycles. The first-order valence-corrected chi connectivity index (χ1v) is 5.34. The van der Waals surface area contributed by atoms with E-state index in [0.717, 1.165) is 0 Å². The largest absolute Gasteiger partial charge is 0.392 e. The fourth-order valence-electron chi connectivity index (χ4n) is 1.14. The van der Waals surface area contributed by atoms with Gasteiger partial charge in [-0.25, -0.2) is 0 Å². The molecule has 1 N–H and O–H groups in total. The van der Waals surface area contributed by atoms with E-state index in [1.54, 1.807) is 0 Å². The summed E-state index contributed by atoms with van der Waals surface area (Å²) in [5.41, 5.74) is 0. The molecule has 7 heteroatoms. The number of rotatable bonds is 5. The summed E-state index contributed by atoms with van der Waals surface area (Å²) in [6.45, 7) is 3.65. The number of hydrogen-bond donors (Lipinski definition) is 1. The molecule has 0 bridgehead atoms. The monoisotopic (exact) mass is 252 g/mol. The van der Waals surface area contributed by atoms with Crippen LogP contribution in [0.4, 0.5) is 13.2 Å². The molecule has 0 aliphatic carbocycles. The molecule has 98 valence electrons. The van der Waals surface area contributed by atoms with Gasteiger partial charge in [-0.15, -0.1) is 0 Å². The fraction of sp³-hybridized carbons (Fsp3) is 0.800. The molecular formula is C10H15F3N2O2. The molecule has 0 fully saturated rings. The number of hydrogen-bond acceptors (Lipinski definition) is 4. The van der Waals surface area contributed by atoms with Crippen LogP contribution in [0.3, 0.4) is 0 Å². The fourth-order valence-corrected chi connectivity index (χ4v) is 1.14. The molecule has 0 aromatic carbocycles. The van der Waals surface area contributed by atoms with Crippen molar-refractivity contribution in [2.24, 2.45) is 5.92 Å². The molecule has 4 nitrogen and oxygen atoms in total. The predicted molar refractivity (Wildman–Crippen MR) is 53.2 cm³/mol. The van der Waals surface area contributed by atoms with Gasteiger partial charge < -0.3 is 9.63 Å². The number of alkyl halides is 3. The molecule has 1 aromatic rings. The average molecular weight is 252 g/mol. The summed E-state index contributed by atoms with van der Waals surface area (Å²) < 4.78 is 40.6. The van der Waals surface area contributed by atoms with Gasteiger partial charge in [0.1, 0.15) is 0 Å². The third-order valence-corrected chi connectivity index (χ3v) is 2.30.